The fourth-order valence-electron chi connectivity index (χ4n) is 3.31. The van der Waals surface area contributed by atoms with Crippen LogP contribution in [0.25, 0.3) is 16.5 Å². The van der Waals surface area contributed by atoms with Crippen LogP contribution < -0.4 is 5.32 Å². The van der Waals surface area contributed by atoms with Gasteiger partial charge in [0.15, 0.2) is 0 Å². The van der Waals surface area contributed by atoms with Gasteiger partial charge in [0, 0.05) is 30.7 Å². The quantitative estimate of drug-likeness (QED) is 0.782. The van der Waals surface area contributed by atoms with E-state index in [-0.39, 0.29) is 4.90 Å². The highest BCUT2D eigenvalue weighted by molar-refractivity contribution is 7.90. The summed E-state index contributed by atoms with van der Waals surface area (Å²) >= 11 is 0. The molecule has 0 saturated carbocycles. The van der Waals surface area contributed by atoms with Crippen molar-refractivity contribution in [2.24, 2.45) is 7.05 Å². The highest BCUT2D eigenvalue weighted by Crippen LogP contribution is 2.32. The fourth-order valence-corrected chi connectivity index (χ4v) is 4.87. The lowest BCUT2D eigenvalue weighted by Gasteiger charge is -2.13. The van der Waals surface area contributed by atoms with E-state index in [1.807, 2.05) is 24.3 Å². The van der Waals surface area contributed by atoms with Crippen LogP contribution in [-0.4, -0.2) is 35.3 Å². The summed E-state index contributed by atoms with van der Waals surface area (Å²) in [6.07, 6.45) is 6.20. The predicted molar refractivity (Wildman–Crippen MR) is 97.9 cm³/mol. The summed E-state index contributed by atoms with van der Waals surface area (Å²) in [5.74, 6) is 0. The van der Waals surface area contributed by atoms with E-state index in [0.717, 1.165) is 30.5 Å². The van der Waals surface area contributed by atoms with Crippen molar-refractivity contribution in [1.82, 2.24) is 19.1 Å². The van der Waals surface area contributed by atoms with E-state index in [2.05, 4.69) is 16.5 Å². The van der Waals surface area contributed by atoms with Crippen LogP contribution in [0.1, 0.15) is 17.7 Å². The number of fused-ring (bicyclic) bond motifs is 1. The Kier molecular flexibility index (Phi) is 3.77. The summed E-state index contributed by atoms with van der Waals surface area (Å²) in [6, 6.07) is 7.64. The molecule has 6 nitrogen and oxygen atoms in total. The SMILES string of the molecule is Cc1c(S(=O)(=O)n2cc(C3=CCNCC3)c3ccccc32)cnn1C. The van der Waals surface area contributed by atoms with Crippen molar-refractivity contribution in [3.05, 3.63) is 54.0 Å². The molecule has 0 radical (unpaired) electrons. The van der Waals surface area contributed by atoms with Crippen molar-refractivity contribution >= 4 is 26.5 Å². The van der Waals surface area contributed by atoms with Gasteiger partial charge in [0.2, 0.25) is 0 Å². The molecule has 1 N–H and O–H groups in total. The maximum Gasteiger partial charge on any atom is 0.271 e. The third-order valence-electron chi connectivity index (χ3n) is 4.81. The molecule has 0 spiro atoms. The van der Waals surface area contributed by atoms with Crippen molar-refractivity contribution in [3.8, 4) is 0 Å². The van der Waals surface area contributed by atoms with Gasteiger partial charge in [-0.2, -0.15) is 5.10 Å². The first kappa shape index (κ1) is 16.1. The van der Waals surface area contributed by atoms with E-state index in [4.69, 9.17) is 0 Å². The number of aryl methyl sites for hydroxylation is 1. The minimum atomic E-state index is -3.70. The van der Waals surface area contributed by atoms with Gasteiger partial charge < -0.3 is 5.32 Å². The van der Waals surface area contributed by atoms with Gasteiger partial charge in [-0.05, 0) is 31.5 Å². The molecule has 0 atom stereocenters. The average molecular weight is 356 g/mol. The maximum atomic E-state index is 13.3. The van der Waals surface area contributed by atoms with Crippen molar-refractivity contribution in [2.75, 3.05) is 13.1 Å². The molecule has 0 saturated heterocycles. The summed E-state index contributed by atoms with van der Waals surface area (Å²) in [6.45, 7) is 3.48. The van der Waals surface area contributed by atoms with E-state index < -0.39 is 10.0 Å². The molecule has 0 aliphatic carbocycles. The molecule has 0 unspecified atom stereocenters. The molecule has 4 rings (SSSR count). The highest BCUT2D eigenvalue weighted by Gasteiger charge is 2.25. The van der Waals surface area contributed by atoms with Gasteiger partial charge in [-0.1, -0.05) is 24.3 Å². The monoisotopic (exact) mass is 356 g/mol. The molecule has 7 heteroatoms. The first-order valence-electron chi connectivity index (χ1n) is 8.24. The molecule has 1 aliphatic rings. The number of nitrogens with zero attached hydrogens (tertiary/aromatic N) is 3. The zero-order valence-electron chi connectivity index (χ0n) is 14.2. The number of benzene rings is 1. The van der Waals surface area contributed by atoms with Crippen LogP contribution >= 0.6 is 0 Å². The molecule has 1 aliphatic heterocycles. The lowest BCUT2D eigenvalue weighted by atomic mass is 10.00. The summed E-state index contributed by atoms with van der Waals surface area (Å²) in [5.41, 5.74) is 3.50. The highest BCUT2D eigenvalue weighted by atomic mass is 32.2. The number of aromatic nitrogens is 3. The van der Waals surface area contributed by atoms with E-state index in [9.17, 15) is 8.42 Å². The Bertz CT molecular complexity index is 1090. The summed E-state index contributed by atoms with van der Waals surface area (Å²) < 4.78 is 29.5. The Morgan fingerprint density at radius 2 is 2.04 bits per heavy atom. The van der Waals surface area contributed by atoms with Gasteiger partial charge in [0.05, 0.1) is 17.4 Å². The smallest absolute Gasteiger partial charge is 0.271 e. The lowest BCUT2D eigenvalue weighted by Crippen LogP contribution is -2.20. The Hall–Kier alpha value is -2.38. The minimum Gasteiger partial charge on any atom is -0.313 e. The van der Waals surface area contributed by atoms with Crippen molar-refractivity contribution in [2.45, 2.75) is 18.2 Å². The molecule has 0 fully saturated rings. The summed E-state index contributed by atoms with van der Waals surface area (Å²) in [4.78, 5) is 0.238. The van der Waals surface area contributed by atoms with Crippen LogP contribution in [0.2, 0.25) is 0 Å². The van der Waals surface area contributed by atoms with E-state index in [0.29, 0.717) is 11.2 Å². The molecule has 1 aromatic carbocycles. The molecule has 2 aromatic heterocycles. The molecule has 130 valence electrons. The van der Waals surface area contributed by atoms with Crippen LogP contribution in [0.5, 0.6) is 0 Å². The van der Waals surface area contributed by atoms with Crippen LogP contribution in [0.3, 0.4) is 0 Å². The Morgan fingerprint density at radius 3 is 2.72 bits per heavy atom. The van der Waals surface area contributed by atoms with Gasteiger partial charge in [-0.15, -0.1) is 0 Å². The number of para-hydroxylation sites is 1. The van der Waals surface area contributed by atoms with Crippen LogP contribution in [0.4, 0.5) is 0 Å². The third-order valence-corrected chi connectivity index (χ3v) is 6.59. The maximum absolute atomic E-state index is 13.3. The molecular formula is C18H20N4O2S. The molecular weight excluding hydrogens is 336 g/mol. The van der Waals surface area contributed by atoms with Gasteiger partial charge in [0.1, 0.15) is 4.90 Å². The van der Waals surface area contributed by atoms with Gasteiger partial charge in [0.25, 0.3) is 10.0 Å². The third kappa shape index (κ3) is 2.51. The van der Waals surface area contributed by atoms with Crippen molar-refractivity contribution in [1.29, 1.82) is 0 Å². The van der Waals surface area contributed by atoms with Crippen LogP contribution in [0.15, 0.2) is 47.6 Å². The molecule has 3 aromatic rings. The summed E-state index contributed by atoms with van der Waals surface area (Å²) in [5, 5.41) is 8.34. The molecule has 0 amide bonds. The largest absolute Gasteiger partial charge is 0.313 e. The zero-order chi connectivity index (χ0) is 17.6. The second-order valence-corrected chi connectivity index (χ2v) is 8.05. The van der Waals surface area contributed by atoms with Gasteiger partial charge in [-0.25, -0.2) is 12.4 Å². The average Bonchev–Trinajstić information content (AvgIpc) is 3.18. The van der Waals surface area contributed by atoms with Crippen molar-refractivity contribution in [3.63, 3.8) is 0 Å². The molecule has 0 bridgehead atoms. The van der Waals surface area contributed by atoms with Crippen LogP contribution in [0, 0.1) is 6.92 Å². The van der Waals surface area contributed by atoms with Gasteiger partial charge >= 0.3 is 0 Å². The zero-order valence-corrected chi connectivity index (χ0v) is 15.0. The predicted octanol–water partition coefficient (Wildman–Crippen LogP) is 2.30. The standard InChI is InChI=1S/C18H20N4O2S/c1-13-18(11-20-21(13)2)25(23,24)22-12-16(14-7-9-19-10-8-14)15-5-3-4-6-17(15)22/h3-7,11-12,19H,8-10H2,1-2H3. The lowest BCUT2D eigenvalue weighted by molar-refractivity contribution is 0.588. The summed E-state index contributed by atoms with van der Waals surface area (Å²) in [7, 11) is -1.96. The first-order valence-corrected chi connectivity index (χ1v) is 9.68. The minimum absolute atomic E-state index is 0.238. The van der Waals surface area contributed by atoms with Gasteiger partial charge in [-0.3, -0.25) is 4.68 Å². The Morgan fingerprint density at radius 1 is 1.24 bits per heavy atom. The van der Waals surface area contributed by atoms with E-state index in [1.165, 1.54) is 15.7 Å². The Balaban J connectivity index is 1.97. The molecule has 25 heavy (non-hydrogen) atoms. The first-order chi connectivity index (χ1) is 12.0. The van der Waals surface area contributed by atoms with E-state index >= 15 is 0 Å². The fraction of sp³-hybridized carbons (Fsp3) is 0.278. The Labute approximate surface area is 146 Å². The number of nitrogens with one attached hydrogen (secondary N) is 1. The number of hydrogen-bond donors (Lipinski definition) is 1. The second kappa shape index (κ2) is 5.86. The topological polar surface area (TPSA) is 68.9 Å². The number of rotatable bonds is 3. The van der Waals surface area contributed by atoms with E-state index in [1.54, 1.807) is 24.9 Å². The van der Waals surface area contributed by atoms with Crippen LogP contribution in [-0.2, 0) is 17.1 Å². The second-order valence-electron chi connectivity index (χ2n) is 6.26. The number of hydrogen-bond acceptors (Lipinski definition) is 4. The molecule has 3 heterocycles. The normalized spacial score (nSPS) is 15.5. The van der Waals surface area contributed by atoms with Crippen molar-refractivity contribution < 1.29 is 8.42 Å².